The Kier molecular flexibility index (Phi) is 12.9. The van der Waals surface area contributed by atoms with Gasteiger partial charge in [-0.25, -0.2) is 0 Å². The summed E-state index contributed by atoms with van der Waals surface area (Å²) < 4.78 is 0. The second-order valence-electron chi connectivity index (χ2n) is 13.4. The molecule has 0 aliphatic carbocycles. The molecule has 1 aliphatic rings. The molecule has 1 aromatic heterocycles. The van der Waals surface area contributed by atoms with Gasteiger partial charge in [-0.1, -0.05) is 66.7 Å². The quantitative estimate of drug-likeness (QED) is 0.221. The largest absolute Gasteiger partial charge is 0.354 e. The lowest BCUT2D eigenvalue weighted by Gasteiger charge is -2.34. The number of hydrogen-bond donors (Lipinski definition) is 2. The summed E-state index contributed by atoms with van der Waals surface area (Å²) >= 11 is 1.57. The van der Waals surface area contributed by atoms with Crippen LogP contribution in [0.3, 0.4) is 0 Å². The van der Waals surface area contributed by atoms with Gasteiger partial charge in [-0.15, -0.1) is 11.3 Å². The Morgan fingerprint density at radius 3 is 2.30 bits per heavy atom. The van der Waals surface area contributed by atoms with E-state index in [-0.39, 0.29) is 17.7 Å². The minimum Gasteiger partial charge on any atom is -0.354 e. The molecule has 0 radical (unpaired) electrons. The number of carbonyl (C=O) groups is 3. The Hall–Kier alpha value is -3.79. The van der Waals surface area contributed by atoms with Crippen LogP contribution in [0, 0.1) is 0 Å². The Balaban J connectivity index is 1.56. The highest BCUT2D eigenvalue weighted by Gasteiger charge is 2.35. The van der Waals surface area contributed by atoms with Crippen LogP contribution in [0.4, 0.5) is 0 Å². The molecule has 0 bridgehead atoms. The van der Waals surface area contributed by atoms with Crippen LogP contribution in [0.5, 0.6) is 0 Å². The molecule has 2 heterocycles. The van der Waals surface area contributed by atoms with Gasteiger partial charge in [-0.3, -0.25) is 14.4 Å². The van der Waals surface area contributed by atoms with Crippen molar-refractivity contribution in [1.29, 1.82) is 0 Å². The highest BCUT2D eigenvalue weighted by atomic mass is 32.1. The Labute approximate surface area is 284 Å². The second-order valence-corrected chi connectivity index (χ2v) is 14.5. The summed E-state index contributed by atoms with van der Waals surface area (Å²) in [6, 6.07) is 21.1. The maximum atomic E-state index is 14.4. The first-order valence-electron chi connectivity index (χ1n) is 16.6. The van der Waals surface area contributed by atoms with Crippen molar-refractivity contribution in [2.45, 2.75) is 76.0 Å². The van der Waals surface area contributed by atoms with Crippen LogP contribution in [-0.2, 0) is 27.2 Å². The number of likely N-dealkylation sites (tertiary alicyclic amines) is 1. The number of nitrogens with zero attached hydrogens (tertiary/aromatic N) is 3. The van der Waals surface area contributed by atoms with Gasteiger partial charge in [0.2, 0.25) is 17.7 Å². The second kappa shape index (κ2) is 16.9. The minimum atomic E-state index is -0.823. The van der Waals surface area contributed by atoms with Gasteiger partial charge in [-0.2, -0.15) is 0 Å². The number of hydrogen-bond acceptors (Lipinski definition) is 6. The van der Waals surface area contributed by atoms with Crippen molar-refractivity contribution in [3.63, 3.8) is 0 Å². The minimum absolute atomic E-state index is 0.181. The molecule has 1 unspecified atom stereocenters. The first-order chi connectivity index (χ1) is 22.4. The third-order valence-corrected chi connectivity index (χ3v) is 9.93. The lowest BCUT2D eigenvalue weighted by atomic mass is 9.98. The van der Waals surface area contributed by atoms with Crippen molar-refractivity contribution in [3.8, 4) is 11.1 Å². The molecular weight excluding hydrogens is 607 g/mol. The molecule has 3 atom stereocenters. The standard InChI is InChI=1S/C38H51N5O3S/c1-38(2,39)22-9-16-35(44)42(4)34(26-28-17-19-30(20-18-28)29-12-7-6-8-13-29)37(46)43(5)33(27-32-15-11-25-47-32)36(45)40-23-21-31-14-10-24-41(31)3/h6-9,11-13,15-20,25,31,33-34H,10,14,21-24,26-27,39H2,1-5H3,(H,40,45)/b16-9+/t31?,33-,34-/m1/s1. The molecule has 2 aromatic carbocycles. The summed E-state index contributed by atoms with van der Waals surface area (Å²) in [4.78, 5) is 48.0. The van der Waals surface area contributed by atoms with Gasteiger partial charge in [0.25, 0.3) is 0 Å². The van der Waals surface area contributed by atoms with Crippen molar-refractivity contribution in [3.05, 3.63) is 94.7 Å². The monoisotopic (exact) mass is 657 g/mol. The molecule has 47 heavy (non-hydrogen) atoms. The first kappa shape index (κ1) is 36.1. The number of nitrogens with one attached hydrogen (secondary N) is 1. The molecule has 3 aromatic rings. The van der Waals surface area contributed by atoms with E-state index in [9.17, 15) is 14.4 Å². The maximum absolute atomic E-state index is 14.4. The molecule has 252 valence electrons. The highest BCUT2D eigenvalue weighted by Crippen LogP contribution is 2.22. The summed E-state index contributed by atoms with van der Waals surface area (Å²) in [5.41, 5.74) is 8.76. The van der Waals surface area contributed by atoms with Crippen LogP contribution < -0.4 is 11.1 Å². The number of rotatable bonds is 15. The molecule has 1 aliphatic heterocycles. The molecule has 9 heteroatoms. The van der Waals surface area contributed by atoms with Crippen LogP contribution in [0.25, 0.3) is 11.1 Å². The Bertz CT molecular complexity index is 1470. The molecule has 0 spiro atoms. The third kappa shape index (κ3) is 10.6. The summed E-state index contributed by atoms with van der Waals surface area (Å²) in [5.74, 6) is -0.755. The molecule has 1 fully saturated rings. The van der Waals surface area contributed by atoms with Gasteiger partial charge in [0.1, 0.15) is 12.1 Å². The van der Waals surface area contributed by atoms with Gasteiger partial charge in [0.05, 0.1) is 0 Å². The van der Waals surface area contributed by atoms with E-state index >= 15 is 0 Å². The van der Waals surface area contributed by atoms with Crippen molar-refractivity contribution in [2.75, 3.05) is 34.2 Å². The van der Waals surface area contributed by atoms with E-state index in [1.165, 1.54) is 22.3 Å². The summed E-state index contributed by atoms with van der Waals surface area (Å²) in [5, 5.41) is 5.10. The van der Waals surface area contributed by atoms with Crippen molar-refractivity contribution < 1.29 is 14.4 Å². The van der Waals surface area contributed by atoms with Crippen LogP contribution in [-0.4, -0.2) is 90.3 Å². The van der Waals surface area contributed by atoms with E-state index in [0.717, 1.165) is 41.0 Å². The average Bonchev–Trinajstić information content (AvgIpc) is 3.73. The molecule has 3 N–H and O–H groups in total. The van der Waals surface area contributed by atoms with Crippen LogP contribution >= 0.6 is 11.3 Å². The molecular formula is C38H51N5O3S. The van der Waals surface area contributed by atoms with E-state index < -0.39 is 17.6 Å². The zero-order valence-electron chi connectivity index (χ0n) is 28.5. The molecule has 0 saturated carbocycles. The fourth-order valence-corrected chi connectivity index (χ4v) is 6.79. The summed E-state index contributed by atoms with van der Waals surface area (Å²) in [6.07, 6.45) is 7.65. The Morgan fingerprint density at radius 1 is 0.979 bits per heavy atom. The Morgan fingerprint density at radius 2 is 1.68 bits per heavy atom. The number of likely N-dealkylation sites (N-methyl/N-ethyl adjacent to an activating group) is 2. The maximum Gasteiger partial charge on any atom is 0.246 e. The number of thiophene rings is 1. The van der Waals surface area contributed by atoms with Gasteiger partial charge in [0.15, 0.2) is 0 Å². The number of benzene rings is 2. The van der Waals surface area contributed by atoms with Crippen molar-refractivity contribution in [2.24, 2.45) is 5.73 Å². The predicted octanol–water partition coefficient (Wildman–Crippen LogP) is 5.14. The van der Waals surface area contributed by atoms with Gasteiger partial charge in [-0.05, 0) is 87.3 Å². The lowest BCUT2D eigenvalue weighted by Crippen LogP contribution is -2.56. The third-order valence-electron chi connectivity index (χ3n) is 9.04. The fraction of sp³-hybridized carbons (Fsp3) is 0.447. The van der Waals surface area contributed by atoms with Crippen molar-refractivity contribution >= 4 is 29.1 Å². The van der Waals surface area contributed by atoms with E-state index in [1.807, 2.05) is 73.8 Å². The zero-order valence-corrected chi connectivity index (χ0v) is 29.3. The van der Waals surface area contributed by atoms with Crippen LogP contribution in [0.2, 0.25) is 0 Å². The zero-order chi connectivity index (χ0) is 34.0. The topological polar surface area (TPSA) is 99.0 Å². The van der Waals surface area contributed by atoms with Gasteiger partial charge >= 0.3 is 0 Å². The highest BCUT2D eigenvalue weighted by molar-refractivity contribution is 7.09. The smallest absolute Gasteiger partial charge is 0.246 e. The molecule has 1 saturated heterocycles. The lowest BCUT2D eigenvalue weighted by molar-refractivity contribution is -0.146. The first-order valence-corrected chi connectivity index (χ1v) is 17.4. The van der Waals surface area contributed by atoms with Crippen molar-refractivity contribution in [1.82, 2.24) is 20.0 Å². The van der Waals surface area contributed by atoms with E-state index in [1.54, 1.807) is 31.5 Å². The molecule has 4 rings (SSSR count). The summed E-state index contributed by atoms with van der Waals surface area (Å²) in [6.45, 7) is 5.43. The average molecular weight is 658 g/mol. The predicted molar refractivity (Wildman–Crippen MR) is 192 cm³/mol. The van der Waals surface area contributed by atoms with E-state index in [4.69, 9.17) is 5.73 Å². The molecule has 3 amide bonds. The van der Waals surface area contributed by atoms with Gasteiger partial charge < -0.3 is 25.8 Å². The van der Waals surface area contributed by atoms with Crippen LogP contribution in [0.15, 0.2) is 84.3 Å². The van der Waals surface area contributed by atoms with Crippen LogP contribution in [0.1, 0.15) is 50.0 Å². The molecule has 8 nitrogen and oxygen atoms in total. The van der Waals surface area contributed by atoms with Gasteiger partial charge in [0, 0.05) is 49.9 Å². The van der Waals surface area contributed by atoms with E-state index in [0.29, 0.717) is 31.8 Å². The number of carbonyl (C=O) groups excluding carboxylic acids is 3. The SMILES string of the molecule is CN1CCCC1CCNC(=O)[C@@H](Cc1cccs1)N(C)C(=O)[C@@H](Cc1ccc(-c2ccccc2)cc1)N(C)C(=O)/C=C/CC(C)(C)N. The normalized spacial score (nSPS) is 16.6. The fourth-order valence-electron chi connectivity index (χ4n) is 6.05. The summed E-state index contributed by atoms with van der Waals surface area (Å²) in [7, 11) is 5.47. The van der Waals surface area contributed by atoms with E-state index in [2.05, 4.69) is 29.4 Å². The number of amides is 3. The number of nitrogens with two attached hydrogens (primary N) is 1.